The molecule has 11 nitrogen and oxygen atoms in total. The molecule has 0 amide bonds. The molecule has 0 radical (unpaired) electrons. The smallest absolute Gasteiger partial charge is 0.354 e. The first-order valence-corrected chi connectivity index (χ1v) is 9.81. The molecule has 2 heterocycles. The molecule has 13 heteroatoms. The molecule has 0 aliphatic carbocycles. The Morgan fingerprint density at radius 3 is 2.81 bits per heavy atom. The van der Waals surface area contributed by atoms with E-state index in [1.54, 1.807) is 11.5 Å². The molecular weight excluding hydrogens is 389 g/mol. The maximum absolute atomic E-state index is 11.9. The van der Waals surface area contributed by atoms with Crippen LogP contribution in [0, 0.1) is 17.0 Å². The van der Waals surface area contributed by atoms with E-state index in [2.05, 4.69) is 15.0 Å². The molecule has 0 bridgehead atoms. The van der Waals surface area contributed by atoms with E-state index in [4.69, 9.17) is 20.9 Å². The Hall–Kier alpha value is -1.65. The van der Waals surface area contributed by atoms with Crippen LogP contribution < -0.4 is 0 Å². The van der Waals surface area contributed by atoms with Gasteiger partial charge in [-0.25, -0.2) is 15.0 Å². The molecule has 2 aromatic rings. The van der Waals surface area contributed by atoms with Crippen molar-refractivity contribution in [1.82, 2.24) is 19.5 Å². The monoisotopic (exact) mass is 407 g/mol. The van der Waals surface area contributed by atoms with Gasteiger partial charge in [-0.1, -0.05) is 11.6 Å². The zero-order chi connectivity index (χ0) is 19.5. The molecule has 2 rings (SSSR count). The van der Waals surface area contributed by atoms with E-state index in [1.807, 2.05) is 0 Å². The first kappa shape index (κ1) is 20.7. The molecule has 3 atom stereocenters. The zero-order valence-electron chi connectivity index (χ0n) is 14.4. The molecule has 2 unspecified atom stereocenters. The molecular formula is C13H19ClN5O6P. The number of halogens is 1. The highest BCUT2D eigenvalue weighted by atomic mass is 35.5. The average Bonchev–Trinajstić information content (AvgIpc) is 2.93. The van der Waals surface area contributed by atoms with Crippen molar-refractivity contribution in [3.63, 3.8) is 0 Å². The number of rotatable bonds is 9. The van der Waals surface area contributed by atoms with Crippen LogP contribution in [0.15, 0.2) is 6.33 Å². The topological polar surface area (TPSA) is 142 Å². The lowest BCUT2D eigenvalue weighted by molar-refractivity contribution is -0.527. The average molecular weight is 408 g/mol. The summed E-state index contributed by atoms with van der Waals surface area (Å²) in [5, 5.41) is 10.9. The van der Waals surface area contributed by atoms with Crippen LogP contribution in [0.3, 0.4) is 0 Å². The van der Waals surface area contributed by atoms with Gasteiger partial charge in [0.15, 0.2) is 10.8 Å². The highest BCUT2D eigenvalue weighted by Gasteiger charge is 2.31. The van der Waals surface area contributed by atoms with Crippen LogP contribution in [-0.4, -0.2) is 54.4 Å². The molecule has 0 saturated carbocycles. The van der Waals surface area contributed by atoms with Crippen molar-refractivity contribution in [2.75, 3.05) is 13.0 Å². The number of imidazole rings is 1. The third-order valence-electron chi connectivity index (χ3n) is 3.61. The maximum Gasteiger partial charge on any atom is 0.354 e. The Balaban J connectivity index is 1.88. The predicted molar refractivity (Wildman–Crippen MR) is 92.7 cm³/mol. The van der Waals surface area contributed by atoms with Crippen molar-refractivity contribution >= 4 is 30.4 Å². The first-order valence-electron chi connectivity index (χ1n) is 7.67. The number of ether oxygens (including phenoxy) is 1. The quantitative estimate of drug-likeness (QED) is 0.217. The number of hydrogen-bond donors (Lipinski definition) is 1. The lowest BCUT2D eigenvalue weighted by Gasteiger charge is -2.18. The second kappa shape index (κ2) is 8.36. The molecule has 2 aromatic heterocycles. The van der Waals surface area contributed by atoms with Crippen molar-refractivity contribution < 1.29 is 23.6 Å². The lowest BCUT2D eigenvalue weighted by Crippen LogP contribution is -2.30. The van der Waals surface area contributed by atoms with Gasteiger partial charge in [0.2, 0.25) is 6.04 Å². The van der Waals surface area contributed by atoms with Crippen LogP contribution in [0.2, 0.25) is 5.15 Å². The van der Waals surface area contributed by atoms with E-state index < -0.39 is 31.0 Å². The second-order valence-electron chi connectivity index (χ2n) is 5.68. The van der Waals surface area contributed by atoms with Crippen molar-refractivity contribution in [3.05, 3.63) is 27.4 Å². The molecule has 1 N–H and O–H groups in total. The summed E-state index contributed by atoms with van der Waals surface area (Å²) in [6.07, 6.45) is -0.0866. The Morgan fingerprint density at radius 2 is 2.15 bits per heavy atom. The van der Waals surface area contributed by atoms with Crippen molar-refractivity contribution in [3.8, 4) is 0 Å². The van der Waals surface area contributed by atoms with Gasteiger partial charge in [0.05, 0.1) is 12.9 Å². The first-order chi connectivity index (χ1) is 12.1. The number of nitro groups is 1. The van der Waals surface area contributed by atoms with E-state index in [9.17, 15) is 19.6 Å². The Kier molecular flexibility index (Phi) is 6.64. The van der Waals surface area contributed by atoms with Crippen LogP contribution in [0.1, 0.15) is 19.7 Å². The summed E-state index contributed by atoms with van der Waals surface area (Å²) in [4.78, 5) is 32.2. The van der Waals surface area contributed by atoms with Crippen molar-refractivity contribution in [2.45, 2.75) is 39.5 Å². The SMILES string of the molecule is Cc1nc(Cl)c2ncn(CCOCP(=O)(O)O[C@@H](C)C(C)[N+](=O)[O-])c2n1. The van der Waals surface area contributed by atoms with Gasteiger partial charge in [0.25, 0.3) is 0 Å². The number of fused-ring (bicyclic) bond motifs is 1. The largest absolute Gasteiger partial charge is 0.367 e. The normalized spacial score (nSPS) is 16.3. The highest BCUT2D eigenvalue weighted by Crippen LogP contribution is 2.43. The summed E-state index contributed by atoms with van der Waals surface area (Å²) in [6, 6.07) is -1.11. The molecule has 144 valence electrons. The molecule has 0 aromatic carbocycles. The van der Waals surface area contributed by atoms with E-state index in [-0.39, 0.29) is 11.8 Å². The van der Waals surface area contributed by atoms with Gasteiger partial charge < -0.3 is 14.2 Å². The van der Waals surface area contributed by atoms with Crippen molar-refractivity contribution in [2.24, 2.45) is 0 Å². The summed E-state index contributed by atoms with van der Waals surface area (Å²) < 4.78 is 23.7. The number of nitrogens with zero attached hydrogens (tertiary/aromatic N) is 5. The standard InChI is InChI=1S/C13H19ClN5O6P/c1-8(19(20)21)9(2)25-26(22,23)7-24-5-4-18-6-15-11-12(14)16-10(3)17-13(11)18/h6,8-9H,4-5,7H2,1-3H3,(H,22,23)/t8?,9-/m0/s1. The van der Waals surface area contributed by atoms with Crippen LogP contribution in [0.25, 0.3) is 11.2 Å². The number of hydrogen-bond acceptors (Lipinski definition) is 8. The van der Waals surface area contributed by atoms with E-state index in [0.717, 1.165) is 0 Å². The van der Waals surface area contributed by atoms with Gasteiger partial charge in [-0.15, -0.1) is 0 Å². The minimum Gasteiger partial charge on any atom is -0.367 e. The fraction of sp³-hybridized carbons (Fsp3) is 0.615. The van der Waals surface area contributed by atoms with Crippen LogP contribution in [-0.2, 0) is 20.4 Å². The number of aryl methyl sites for hydroxylation is 1. The highest BCUT2D eigenvalue weighted by molar-refractivity contribution is 7.52. The summed E-state index contributed by atoms with van der Waals surface area (Å²) in [6.45, 7) is 4.75. The summed E-state index contributed by atoms with van der Waals surface area (Å²) in [5.41, 5.74) is 0.985. The Bertz CT molecular complexity index is 846. The fourth-order valence-electron chi connectivity index (χ4n) is 2.07. The molecule has 0 spiro atoms. The van der Waals surface area contributed by atoms with Crippen LogP contribution >= 0.6 is 19.2 Å². The second-order valence-corrected chi connectivity index (χ2v) is 7.79. The van der Waals surface area contributed by atoms with Crippen molar-refractivity contribution in [1.29, 1.82) is 0 Å². The lowest BCUT2D eigenvalue weighted by atomic mass is 10.2. The van der Waals surface area contributed by atoms with E-state index in [0.29, 0.717) is 23.5 Å². The van der Waals surface area contributed by atoms with Gasteiger partial charge in [-0.2, -0.15) is 0 Å². The van der Waals surface area contributed by atoms with Gasteiger partial charge in [-0.05, 0) is 13.8 Å². The van der Waals surface area contributed by atoms with Crippen LogP contribution in [0.4, 0.5) is 0 Å². The van der Waals surface area contributed by atoms with Gasteiger partial charge >= 0.3 is 7.60 Å². The Labute approximate surface area is 154 Å². The summed E-state index contributed by atoms with van der Waals surface area (Å²) in [5.74, 6) is 0.493. The van der Waals surface area contributed by atoms with E-state index >= 15 is 0 Å². The van der Waals surface area contributed by atoms with E-state index in [1.165, 1.54) is 20.2 Å². The summed E-state index contributed by atoms with van der Waals surface area (Å²) >= 11 is 6.00. The van der Waals surface area contributed by atoms with Gasteiger partial charge in [0, 0.05) is 18.4 Å². The minimum atomic E-state index is -4.11. The third-order valence-corrected chi connectivity index (χ3v) is 5.04. The number of aromatic nitrogens is 4. The third kappa shape index (κ3) is 5.18. The molecule has 26 heavy (non-hydrogen) atoms. The predicted octanol–water partition coefficient (Wildman–Crippen LogP) is 2.02. The zero-order valence-corrected chi connectivity index (χ0v) is 16.1. The summed E-state index contributed by atoms with van der Waals surface area (Å²) in [7, 11) is -4.11. The molecule has 0 saturated heterocycles. The Morgan fingerprint density at radius 1 is 1.46 bits per heavy atom. The van der Waals surface area contributed by atoms with Gasteiger partial charge in [-0.3, -0.25) is 19.2 Å². The molecule has 0 aliphatic heterocycles. The maximum atomic E-state index is 11.9. The van der Waals surface area contributed by atoms with Gasteiger partial charge in [0.1, 0.15) is 23.8 Å². The fourth-order valence-corrected chi connectivity index (χ4v) is 3.44. The molecule has 0 fully saturated rings. The van der Waals surface area contributed by atoms with Crippen LogP contribution in [0.5, 0.6) is 0 Å². The molecule has 0 aliphatic rings. The minimum absolute atomic E-state index is 0.0825.